The van der Waals surface area contributed by atoms with Crippen molar-refractivity contribution in [1.29, 1.82) is 0 Å². The van der Waals surface area contributed by atoms with Crippen molar-refractivity contribution in [1.82, 2.24) is 4.31 Å². The SMILES string of the molecule is CC(C)=CS(=O)N1CCCC1. The summed E-state index contributed by atoms with van der Waals surface area (Å²) in [6, 6.07) is 0. The van der Waals surface area contributed by atoms with Crippen LogP contribution < -0.4 is 0 Å². The lowest BCUT2D eigenvalue weighted by Crippen LogP contribution is -2.20. The summed E-state index contributed by atoms with van der Waals surface area (Å²) in [6.07, 6.45) is 2.39. The number of rotatable bonds is 2. The highest BCUT2D eigenvalue weighted by Crippen LogP contribution is 2.11. The maximum atomic E-state index is 11.4. The van der Waals surface area contributed by atoms with Gasteiger partial charge in [-0.1, -0.05) is 5.57 Å². The largest absolute Gasteiger partial charge is 0.238 e. The predicted octanol–water partition coefficient (Wildman–Crippen LogP) is 1.67. The predicted molar refractivity (Wildman–Crippen MR) is 48.4 cm³/mol. The Bertz CT molecular complexity index is 179. The Kier molecular flexibility index (Phi) is 3.27. The van der Waals surface area contributed by atoms with E-state index < -0.39 is 11.0 Å². The fourth-order valence-corrected chi connectivity index (χ4v) is 2.31. The van der Waals surface area contributed by atoms with E-state index in [9.17, 15) is 4.21 Å². The third-order valence-electron chi connectivity index (χ3n) is 1.66. The van der Waals surface area contributed by atoms with E-state index in [0.717, 1.165) is 18.7 Å². The molecule has 11 heavy (non-hydrogen) atoms. The molecule has 1 saturated heterocycles. The van der Waals surface area contributed by atoms with Gasteiger partial charge in [-0.15, -0.1) is 0 Å². The molecular formula is C8H15NOS. The van der Waals surface area contributed by atoms with Crippen molar-refractivity contribution in [2.24, 2.45) is 0 Å². The molecule has 1 heterocycles. The fraction of sp³-hybridized carbons (Fsp3) is 0.750. The molecule has 0 aromatic rings. The standard InChI is InChI=1S/C8H15NOS/c1-8(2)7-11(10)9-5-3-4-6-9/h7H,3-6H2,1-2H3. The smallest absolute Gasteiger partial charge is 0.120 e. The van der Waals surface area contributed by atoms with Crippen molar-refractivity contribution in [3.05, 3.63) is 11.0 Å². The highest BCUT2D eigenvalue weighted by molar-refractivity contribution is 7.85. The van der Waals surface area contributed by atoms with Crippen molar-refractivity contribution in [2.45, 2.75) is 26.7 Å². The maximum absolute atomic E-state index is 11.4. The van der Waals surface area contributed by atoms with Crippen molar-refractivity contribution < 1.29 is 4.21 Å². The molecule has 0 radical (unpaired) electrons. The Morgan fingerprint density at radius 1 is 1.36 bits per heavy atom. The van der Waals surface area contributed by atoms with Gasteiger partial charge in [0.15, 0.2) is 0 Å². The van der Waals surface area contributed by atoms with E-state index in [1.165, 1.54) is 12.8 Å². The van der Waals surface area contributed by atoms with Gasteiger partial charge in [0.05, 0.1) is 0 Å². The molecule has 1 unspecified atom stereocenters. The molecule has 3 heteroatoms. The molecule has 1 fully saturated rings. The molecule has 0 aromatic heterocycles. The van der Waals surface area contributed by atoms with Crippen LogP contribution in [0.2, 0.25) is 0 Å². The Hall–Kier alpha value is -0.150. The first-order valence-electron chi connectivity index (χ1n) is 4.01. The molecule has 0 spiro atoms. The van der Waals surface area contributed by atoms with Crippen LogP contribution in [0.5, 0.6) is 0 Å². The lowest BCUT2D eigenvalue weighted by molar-refractivity contribution is 0.542. The van der Waals surface area contributed by atoms with E-state index in [4.69, 9.17) is 0 Å². The summed E-state index contributed by atoms with van der Waals surface area (Å²) in [5.41, 5.74) is 1.13. The molecule has 2 nitrogen and oxygen atoms in total. The normalized spacial score (nSPS) is 21.6. The quantitative estimate of drug-likeness (QED) is 0.622. The van der Waals surface area contributed by atoms with Crippen molar-refractivity contribution in [3.63, 3.8) is 0 Å². The lowest BCUT2D eigenvalue weighted by atomic mass is 10.4. The van der Waals surface area contributed by atoms with E-state index >= 15 is 0 Å². The summed E-state index contributed by atoms with van der Waals surface area (Å²) in [5.74, 6) is 0. The van der Waals surface area contributed by atoms with E-state index in [0.29, 0.717) is 0 Å². The van der Waals surface area contributed by atoms with Crippen LogP contribution >= 0.6 is 0 Å². The van der Waals surface area contributed by atoms with Crippen LogP contribution in [-0.4, -0.2) is 21.6 Å². The summed E-state index contributed by atoms with van der Waals surface area (Å²) in [6.45, 7) is 5.95. The highest BCUT2D eigenvalue weighted by Gasteiger charge is 2.15. The van der Waals surface area contributed by atoms with E-state index in [1.807, 2.05) is 23.6 Å². The molecule has 1 aliphatic heterocycles. The van der Waals surface area contributed by atoms with E-state index in [1.54, 1.807) is 0 Å². The summed E-state index contributed by atoms with van der Waals surface area (Å²) < 4.78 is 13.4. The second-order valence-corrected chi connectivity index (χ2v) is 4.41. The molecular weight excluding hydrogens is 158 g/mol. The first kappa shape index (κ1) is 8.94. The summed E-state index contributed by atoms with van der Waals surface area (Å²) in [7, 11) is -0.854. The van der Waals surface area contributed by atoms with Gasteiger partial charge in [-0.25, -0.2) is 8.51 Å². The minimum Gasteiger partial charge on any atom is -0.238 e. The lowest BCUT2D eigenvalue weighted by Gasteiger charge is -2.09. The number of nitrogens with zero attached hydrogens (tertiary/aromatic N) is 1. The van der Waals surface area contributed by atoms with Gasteiger partial charge in [-0.2, -0.15) is 0 Å². The number of allylic oxidation sites excluding steroid dienone is 1. The van der Waals surface area contributed by atoms with Gasteiger partial charge in [0.1, 0.15) is 11.0 Å². The van der Waals surface area contributed by atoms with Crippen LogP contribution in [0.15, 0.2) is 11.0 Å². The Morgan fingerprint density at radius 2 is 1.91 bits per heavy atom. The minimum atomic E-state index is -0.854. The maximum Gasteiger partial charge on any atom is 0.120 e. The molecule has 1 rings (SSSR count). The van der Waals surface area contributed by atoms with Gasteiger partial charge < -0.3 is 0 Å². The first-order valence-corrected chi connectivity index (χ1v) is 5.18. The van der Waals surface area contributed by atoms with E-state index in [2.05, 4.69) is 0 Å². The molecule has 1 atom stereocenters. The van der Waals surface area contributed by atoms with Gasteiger partial charge in [0, 0.05) is 18.5 Å². The molecule has 1 aliphatic rings. The zero-order valence-electron chi connectivity index (χ0n) is 7.17. The zero-order chi connectivity index (χ0) is 8.27. The van der Waals surface area contributed by atoms with Crippen LogP contribution in [0.3, 0.4) is 0 Å². The Balaban J connectivity index is 2.47. The summed E-state index contributed by atoms with van der Waals surface area (Å²) >= 11 is 0. The van der Waals surface area contributed by atoms with Crippen LogP contribution in [0.4, 0.5) is 0 Å². The fourth-order valence-electron chi connectivity index (χ4n) is 1.14. The number of hydrogen-bond acceptors (Lipinski definition) is 1. The topological polar surface area (TPSA) is 20.3 Å². The van der Waals surface area contributed by atoms with Crippen molar-refractivity contribution in [2.75, 3.05) is 13.1 Å². The van der Waals surface area contributed by atoms with Crippen LogP contribution in [0, 0.1) is 0 Å². The highest BCUT2D eigenvalue weighted by atomic mass is 32.2. The van der Waals surface area contributed by atoms with Crippen LogP contribution in [0.25, 0.3) is 0 Å². The molecule has 0 N–H and O–H groups in total. The van der Waals surface area contributed by atoms with Crippen LogP contribution in [0.1, 0.15) is 26.7 Å². The van der Waals surface area contributed by atoms with Gasteiger partial charge in [0.25, 0.3) is 0 Å². The molecule has 0 saturated carbocycles. The van der Waals surface area contributed by atoms with Gasteiger partial charge in [-0.05, 0) is 26.7 Å². The van der Waals surface area contributed by atoms with Crippen molar-refractivity contribution >= 4 is 11.0 Å². The average Bonchev–Trinajstić information content (AvgIpc) is 2.35. The van der Waals surface area contributed by atoms with Gasteiger partial charge in [-0.3, -0.25) is 0 Å². The Morgan fingerprint density at radius 3 is 2.36 bits per heavy atom. The monoisotopic (exact) mass is 173 g/mol. The van der Waals surface area contributed by atoms with Crippen molar-refractivity contribution in [3.8, 4) is 0 Å². The van der Waals surface area contributed by atoms with E-state index in [-0.39, 0.29) is 0 Å². The molecule has 0 aromatic carbocycles. The number of hydrogen-bond donors (Lipinski definition) is 0. The first-order chi connectivity index (χ1) is 5.20. The second-order valence-electron chi connectivity index (χ2n) is 3.11. The Labute approximate surface area is 70.9 Å². The van der Waals surface area contributed by atoms with Gasteiger partial charge >= 0.3 is 0 Å². The average molecular weight is 173 g/mol. The molecule has 64 valence electrons. The second kappa shape index (κ2) is 4.02. The van der Waals surface area contributed by atoms with Crippen LogP contribution in [-0.2, 0) is 11.0 Å². The molecule has 0 amide bonds. The third-order valence-corrected chi connectivity index (χ3v) is 3.20. The summed E-state index contributed by atoms with van der Waals surface area (Å²) in [5, 5.41) is 1.82. The molecule has 0 bridgehead atoms. The minimum absolute atomic E-state index is 0.854. The third kappa shape index (κ3) is 2.75. The zero-order valence-corrected chi connectivity index (χ0v) is 7.99. The molecule has 0 aliphatic carbocycles. The van der Waals surface area contributed by atoms with Gasteiger partial charge in [0.2, 0.25) is 0 Å². The summed E-state index contributed by atoms with van der Waals surface area (Å²) in [4.78, 5) is 0.